The van der Waals surface area contributed by atoms with E-state index in [1.54, 1.807) is 0 Å². The Morgan fingerprint density at radius 2 is 2.30 bits per heavy atom. The van der Waals surface area contributed by atoms with Crippen LogP contribution in [0.5, 0.6) is 0 Å². The van der Waals surface area contributed by atoms with Crippen LogP contribution in [-0.4, -0.2) is 30.0 Å². The number of amides is 1. The number of anilines is 1. The predicted octanol–water partition coefficient (Wildman–Crippen LogP) is 2.50. The van der Waals surface area contributed by atoms with E-state index in [0.29, 0.717) is 12.3 Å². The van der Waals surface area contributed by atoms with Crippen LogP contribution in [0.25, 0.3) is 5.57 Å². The topological polar surface area (TPSA) is 57.3 Å². The summed E-state index contributed by atoms with van der Waals surface area (Å²) in [7, 11) is 0. The van der Waals surface area contributed by atoms with Gasteiger partial charge in [-0.05, 0) is 35.6 Å². The number of nitrogens with one attached hydrogen (secondary N) is 2. The van der Waals surface area contributed by atoms with Gasteiger partial charge in [-0.25, -0.2) is 10.4 Å². The van der Waals surface area contributed by atoms with Crippen molar-refractivity contribution in [3.05, 3.63) is 29.5 Å². The molecule has 1 unspecified atom stereocenters. The predicted molar refractivity (Wildman–Crippen MR) is 92.8 cm³/mol. The molecule has 0 aliphatic carbocycles. The highest BCUT2D eigenvalue weighted by atomic mass is 16.1. The van der Waals surface area contributed by atoms with Gasteiger partial charge in [0.1, 0.15) is 0 Å². The minimum absolute atomic E-state index is 0.0759. The van der Waals surface area contributed by atoms with Gasteiger partial charge in [-0.2, -0.15) is 0 Å². The van der Waals surface area contributed by atoms with Gasteiger partial charge in [-0.3, -0.25) is 9.80 Å². The lowest BCUT2D eigenvalue weighted by atomic mass is 9.81. The van der Waals surface area contributed by atoms with Crippen LogP contribution in [0.1, 0.15) is 45.6 Å². The third kappa shape index (κ3) is 3.11. The number of carbonyl (C=O) groups excluding carboxylic acids is 1. The smallest absolute Gasteiger partial charge is 0.224 e. The Bertz CT molecular complexity index is 623. The highest BCUT2D eigenvalue weighted by Gasteiger charge is 2.35. The normalized spacial score (nSPS) is 20.4. The fourth-order valence-electron chi connectivity index (χ4n) is 3.41. The molecule has 0 aromatic carbocycles. The molecule has 124 valence electrons. The number of pyridine rings is 1. The lowest BCUT2D eigenvalue weighted by molar-refractivity contribution is -0.121. The van der Waals surface area contributed by atoms with Crippen LogP contribution < -0.4 is 15.8 Å². The summed E-state index contributed by atoms with van der Waals surface area (Å²) in [5.74, 6) is 1.46. The van der Waals surface area contributed by atoms with Crippen LogP contribution in [0.15, 0.2) is 23.9 Å². The summed E-state index contributed by atoms with van der Waals surface area (Å²) >= 11 is 0. The lowest BCUT2D eigenvalue weighted by Crippen LogP contribution is -2.50. The van der Waals surface area contributed by atoms with Gasteiger partial charge >= 0.3 is 0 Å². The number of hydrogen-bond acceptors (Lipinski definition) is 4. The molecule has 3 heterocycles. The Hall–Kier alpha value is -1.88. The number of nitrogens with zero attached hydrogens (tertiary/aromatic N) is 2. The minimum Gasteiger partial charge on any atom is -0.349 e. The first-order chi connectivity index (χ1) is 11.1. The van der Waals surface area contributed by atoms with Crippen molar-refractivity contribution >= 4 is 17.3 Å². The van der Waals surface area contributed by atoms with Gasteiger partial charge in [0.15, 0.2) is 5.82 Å². The van der Waals surface area contributed by atoms with Gasteiger partial charge in [0, 0.05) is 18.3 Å². The molecule has 0 radical (unpaired) electrons. The number of fused-ring (bicyclic) bond motifs is 2. The Balaban J connectivity index is 1.99. The van der Waals surface area contributed by atoms with E-state index in [-0.39, 0.29) is 11.9 Å². The van der Waals surface area contributed by atoms with Crippen molar-refractivity contribution in [3.8, 4) is 0 Å². The zero-order valence-corrected chi connectivity index (χ0v) is 14.2. The fourth-order valence-corrected chi connectivity index (χ4v) is 3.41. The minimum atomic E-state index is 0.0759. The number of hydrazine groups is 1. The molecule has 1 amide bonds. The fraction of sp³-hybridized carbons (Fsp3) is 0.556. The van der Waals surface area contributed by atoms with Gasteiger partial charge in [-0.15, -0.1) is 0 Å². The molecule has 5 nitrogen and oxygen atoms in total. The van der Waals surface area contributed by atoms with Crippen LogP contribution in [0.4, 0.5) is 5.82 Å². The highest BCUT2D eigenvalue weighted by Crippen LogP contribution is 2.39. The molecule has 2 aliphatic heterocycles. The molecular formula is C18H26N4O. The molecule has 1 atom stereocenters. The summed E-state index contributed by atoms with van der Waals surface area (Å²) in [6.45, 7) is 8.16. The molecule has 2 N–H and O–H groups in total. The maximum absolute atomic E-state index is 12.1. The van der Waals surface area contributed by atoms with Crippen molar-refractivity contribution in [2.24, 2.45) is 5.92 Å². The number of carbonyl (C=O) groups is 1. The quantitative estimate of drug-likeness (QED) is 0.820. The first-order valence-corrected chi connectivity index (χ1v) is 8.59. The molecule has 1 aromatic rings. The Labute approximate surface area is 138 Å². The maximum atomic E-state index is 12.1. The summed E-state index contributed by atoms with van der Waals surface area (Å²) < 4.78 is 0. The first-order valence-electron chi connectivity index (χ1n) is 8.59. The zero-order chi connectivity index (χ0) is 16.4. The van der Waals surface area contributed by atoms with E-state index in [2.05, 4.69) is 47.6 Å². The van der Waals surface area contributed by atoms with Crippen LogP contribution in [0.2, 0.25) is 0 Å². The van der Waals surface area contributed by atoms with Crippen molar-refractivity contribution in [3.63, 3.8) is 0 Å². The van der Waals surface area contributed by atoms with Crippen LogP contribution in [-0.2, 0) is 4.79 Å². The largest absolute Gasteiger partial charge is 0.349 e. The van der Waals surface area contributed by atoms with Crippen molar-refractivity contribution in [2.45, 2.75) is 46.1 Å². The van der Waals surface area contributed by atoms with Crippen LogP contribution in [0.3, 0.4) is 0 Å². The van der Waals surface area contributed by atoms with Crippen LogP contribution >= 0.6 is 0 Å². The Kier molecular flexibility index (Phi) is 4.66. The number of hydrogen-bond donors (Lipinski definition) is 2. The molecule has 2 aliphatic rings. The average molecular weight is 314 g/mol. The van der Waals surface area contributed by atoms with E-state index in [1.165, 1.54) is 11.1 Å². The molecule has 0 spiro atoms. The van der Waals surface area contributed by atoms with Gasteiger partial charge in [0.25, 0.3) is 0 Å². The number of rotatable bonds is 5. The molecule has 5 heteroatoms. The van der Waals surface area contributed by atoms with Crippen molar-refractivity contribution in [2.75, 3.05) is 18.1 Å². The summed E-state index contributed by atoms with van der Waals surface area (Å²) in [6.07, 6.45) is 4.60. The first kappa shape index (κ1) is 16.0. The van der Waals surface area contributed by atoms with Gasteiger partial charge in [-0.1, -0.05) is 27.2 Å². The second kappa shape index (κ2) is 6.71. The molecule has 23 heavy (non-hydrogen) atoms. The van der Waals surface area contributed by atoms with E-state index in [4.69, 9.17) is 0 Å². The molecule has 0 fully saturated rings. The van der Waals surface area contributed by atoms with Crippen molar-refractivity contribution in [1.29, 1.82) is 0 Å². The van der Waals surface area contributed by atoms with Gasteiger partial charge in [0.2, 0.25) is 5.91 Å². The molecular weight excluding hydrogens is 288 g/mol. The molecule has 0 bridgehead atoms. The molecule has 0 saturated carbocycles. The van der Waals surface area contributed by atoms with Crippen molar-refractivity contribution in [1.82, 2.24) is 15.7 Å². The second-order valence-electron chi connectivity index (χ2n) is 6.71. The lowest BCUT2D eigenvalue weighted by Gasteiger charge is -2.40. The second-order valence-corrected chi connectivity index (χ2v) is 6.71. The number of unbranched alkanes of at least 4 members (excludes halogenated alkanes) is 1. The van der Waals surface area contributed by atoms with Gasteiger partial charge < -0.3 is 5.32 Å². The summed E-state index contributed by atoms with van der Waals surface area (Å²) in [6, 6.07) is 4.18. The standard InChI is InChI=1S/C18H26N4O/c1-4-5-9-20-22-11-13-10-15(23)21-17(12(2)3)16(13)14-7-6-8-19-18(14)22/h6-8,12,17,20H,4-5,9-11H2,1-3H3,(H,21,23). The van der Waals surface area contributed by atoms with Gasteiger partial charge in [0.05, 0.1) is 19.0 Å². The summed E-state index contributed by atoms with van der Waals surface area (Å²) in [4.78, 5) is 16.7. The Morgan fingerprint density at radius 1 is 1.48 bits per heavy atom. The van der Waals surface area contributed by atoms with E-state index < -0.39 is 0 Å². The third-order valence-electron chi connectivity index (χ3n) is 4.56. The van der Waals surface area contributed by atoms with Crippen LogP contribution in [0, 0.1) is 5.92 Å². The van der Waals surface area contributed by atoms with Crippen molar-refractivity contribution < 1.29 is 4.79 Å². The molecule has 3 rings (SSSR count). The summed E-state index contributed by atoms with van der Waals surface area (Å²) in [5, 5.41) is 5.27. The molecule has 1 aromatic heterocycles. The third-order valence-corrected chi connectivity index (χ3v) is 4.56. The van der Waals surface area contributed by atoms with E-state index >= 15 is 0 Å². The SMILES string of the molecule is CCCCNN1CC2=C(c3cccnc31)C(C(C)C)NC(=O)C2. The van der Waals surface area contributed by atoms with E-state index in [0.717, 1.165) is 37.3 Å². The van der Waals surface area contributed by atoms with E-state index in [9.17, 15) is 4.79 Å². The monoisotopic (exact) mass is 314 g/mol. The molecule has 0 saturated heterocycles. The summed E-state index contributed by atoms with van der Waals surface area (Å²) in [5.41, 5.74) is 7.12. The number of aromatic nitrogens is 1. The van der Waals surface area contributed by atoms with E-state index in [1.807, 2.05) is 12.3 Å². The Morgan fingerprint density at radius 3 is 3.04 bits per heavy atom. The zero-order valence-electron chi connectivity index (χ0n) is 14.2. The maximum Gasteiger partial charge on any atom is 0.224 e. The average Bonchev–Trinajstić information content (AvgIpc) is 2.54. The highest BCUT2D eigenvalue weighted by molar-refractivity contribution is 5.93.